The van der Waals surface area contributed by atoms with E-state index >= 15 is 0 Å². The number of nitrogens with zero attached hydrogens (tertiary/aromatic N) is 4. The van der Waals surface area contributed by atoms with Crippen molar-refractivity contribution < 1.29 is 4.52 Å². The average molecular weight is 292 g/mol. The number of H-pyrrole nitrogens is 1. The molecule has 0 fully saturated rings. The molecule has 4 aromatic rings. The lowest BCUT2D eigenvalue weighted by molar-refractivity contribution is -0.556. The molecule has 0 aliphatic carbocycles. The molecule has 0 unspecified atom stereocenters. The number of fused-ring (bicyclic) bond motifs is 3. The van der Waals surface area contributed by atoms with Gasteiger partial charge in [0.15, 0.2) is 11.2 Å². The first-order chi connectivity index (χ1) is 10.6. The number of aromatic nitrogens is 5. The van der Waals surface area contributed by atoms with Crippen molar-refractivity contribution in [1.29, 1.82) is 0 Å². The molecule has 4 rings (SSSR count). The Morgan fingerprint density at radius 3 is 2.73 bits per heavy atom. The van der Waals surface area contributed by atoms with Gasteiger partial charge < -0.3 is 0 Å². The van der Waals surface area contributed by atoms with Gasteiger partial charge in [0.1, 0.15) is 5.52 Å². The predicted octanol–water partition coefficient (Wildman–Crippen LogP) is 1.46. The molecule has 0 saturated heterocycles. The highest BCUT2D eigenvalue weighted by atomic mass is 16.1. The minimum atomic E-state index is -0.138. The highest BCUT2D eigenvalue weighted by molar-refractivity contribution is 5.72. The van der Waals surface area contributed by atoms with Crippen molar-refractivity contribution in [2.45, 2.75) is 13.8 Å². The summed E-state index contributed by atoms with van der Waals surface area (Å²) < 4.78 is 3.27. The van der Waals surface area contributed by atoms with Gasteiger partial charge in [0.25, 0.3) is 5.52 Å². The van der Waals surface area contributed by atoms with Gasteiger partial charge >= 0.3 is 5.56 Å². The van der Waals surface area contributed by atoms with E-state index in [1.807, 2.05) is 50.2 Å². The standard InChI is InChI=1S/C16H13N5O/c1-10-7-8-12(9-17-10)20-16(22)15-11(2)18-13-5-3-4-6-14(13)21(15)19-20/h3-9H,1-2H3/p+1. The van der Waals surface area contributed by atoms with E-state index in [4.69, 9.17) is 0 Å². The van der Waals surface area contributed by atoms with E-state index in [2.05, 4.69) is 15.2 Å². The predicted molar refractivity (Wildman–Crippen MR) is 82.1 cm³/mol. The van der Waals surface area contributed by atoms with Gasteiger partial charge in [0.05, 0.1) is 11.9 Å². The van der Waals surface area contributed by atoms with Crippen LogP contribution in [0.15, 0.2) is 47.4 Å². The Hall–Kier alpha value is -3.02. The Kier molecular flexibility index (Phi) is 2.59. The average Bonchev–Trinajstić information content (AvgIpc) is 2.87. The van der Waals surface area contributed by atoms with Crippen LogP contribution in [0.25, 0.3) is 22.2 Å². The van der Waals surface area contributed by atoms with Crippen molar-refractivity contribution in [1.82, 2.24) is 19.9 Å². The lowest BCUT2D eigenvalue weighted by Gasteiger charge is -1.96. The molecular weight excluding hydrogens is 278 g/mol. The van der Waals surface area contributed by atoms with E-state index in [1.54, 1.807) is 10.7 Å². The fraction of sp³-hybridized carbons (Fsp3) is 0.125. The maximum Gasteiger partial charge on any atom is 0.408 e. The molecule has 0 saturated carbocycles. The van der Waals surface area contributed by atoms with Crippen molar-refractivity contribution in [3.05, 3.63) is 64.3 Å². The van der Waals surface area contributed by atoms with E-state index in [1.165, 1.54) is 4.68 Å². The number of nitrogens with one attached hydrogen (secondary N) is 1. The summed E-state index contributed by atoms with van der Waals surface area (Å²) in [4.78, 5) is 21.5. The van der Waals surface area contributed by atoms with Crippen LogP contribution in [0, 0.1) is 13.8 Å². The minimum absolute atomic E-state index is 0.138. The summed E-state index contributed by atoms with van der Waals surface area (Å²) in [5.41, 5.74) is 4.40. The van der Waals surface area contributed by atoms with Crippen molar-refractivity contribution in [2.24, 2.45) is 0 Å². The summed E-state index contributed by atoms with van der Waals surface area (Å²) in [5.74, 6) is 0. The zero-order valence-electron chi connectivity index (χ0n) is 12.2. The molecule has 3 heterocycles. The summed E-state index contributed by atoms with van der Waals surface area (Å²) in [6.07, 6.45) is 1.68. The summed E-state index contributed by atoms with van der Waals surface area (Å²) in [5, 5.41) is 3.12. The molecule has 0 bridgehead atoms. The molecule has 3 aromatic heterocycles. The van der Waals surface area contributed by atoms with Crippen LogP contribution in [-0.4, -0.2) is 19.9 Å². The molecule has 108 valence electrons. The lowest BCUT2D eigenvalue weighted by Crippen LogP contribution is -2.27. The monoisotopic (exact) mass is 292 g/mol. The van der Waals surface area contributed by atoms with Gasteiger partial charge in [0, 0.05) is 5.69 Å². The largest absolute Gasteiger partial charge is 0.408 e. The lowest BCUT2D eigenvalue weighted by atomic mass is 10.3. The summed E-state index contributed by atoms with van der Waals surface area (Å²) in [6.45, 7) is 3.75. The first-order valence-electron chi connectivity index (χ1n) is 7.00. The molecule has 6 nitrogen and oxygen atoms in total. The van der Waals surface area contributed by atoms with Gasteiger partial charge in [-0.05, 0) is 38.1 Å². The normalized spacial score (nSPS) is 11.4. The second-order valence-electron chi connectivity index (χ2n) is 5.27. The number of rotatable bonds is 1. The maximum atomic E-state index is 12.7. The van der Waals surface area contributed by atoms with Gasteiger partial charge in [-0.25, -0.2) is 9.78 Å². The number of aromatic amines is 1. The number of pyridine rings is 1. The van der Waals surface area contributed by atoms with Crippen LogP contribution in [0.4, 0.5) is 0 Å². The quantitative estimate of drug-likeness (QED) is 0.540. The Morgan fingerprint density at radius 1 is 1.14 bits per heavy atom. The van der Waals surface area contributed by atoms with Crippen molar-refractivity contribution in [3.8, 4) is 5.69 Å². The smallest absolute Gasteiger partial charge is 0.257 e. The topological polar surface area (TPSA) is 67.7 Å². The first kappa shape index (κ1) is 12.7. The van der Waals surface area contributed by atoms with Gasteiger partial charge in [-0.15, -0.1) is 4.52 Å². The van der Waals surface area contributed by atoms with Crippen molar-refractivity contribution in [3.63, 3.8) is 0 Å². The van der Waals surface area contributed by atoms with Crippen molar-refractivity contribution >= 4 is 16.6 Å². The van der Waals surface area contributed by atoms with Gasteiger partial charge in [-0.3, -0.25) is 4.98 Å². The van der Waals surface area contributed by atoms with Gasteiger partial charge in [-0.1, -0.05) is 22.0 Å². The summed E-state index contributed by atoms with van der Waals surface area (Å²) in [7, 11) is 0. The van der Waals surface area contributed by atoms with Crippen LogP contribution in [0.1, 0.15) is 11.4 Å². The Bertz CT molecular complexity index is 1060. The summed E-state index contributed by atoms with van der Waals surface area (Å²) in [6, 6.07) is 11.5. The van der Waals surface area contributed by atoms with Crippen LogP contribution in [0.3, 0.4) is 0 Å². The second kappa shape index (κ2) is 4.49. The highest BCUT2D eigenvalue weighted by Crippen LogP contribution is 2.10. The Labute approximate surface area is 125 Å². The van der Waals surface area contributed by atoms with Gasteiger partial charge in [-0.2, -0.15) is 0 Å². The third-order valence-electron chi connectivity index (χ3n) is 3.74. The minimum Gasteiger partial charge on any atom is -0.257 e. The molecule has 1 N–H and O–H groups in total. The van der Waals surface area contributed by atoms with E-state index in [0.29, 0.717) is 16.9 Å². The SMILES string of the molecule is Cc1ccc(-n2[nH][n+]3c(c(C)nc4ccccc43)c2=O)cn1. The number of para-hydroxylation sites is 2. The number of benzene rings is 1. The second-order valence-corrected chi connectivity index (χ2v) is 5.27. The Morgan fingerprint density at radius 2 is 1.95 bits per heavy atom. The molecule has 0 aliphatic rings. The summed E-state index contributed by atoms with van der Waals surface area (Å²) >= 11 is 0. The van der Waals surface area contributed by atoms with Crippen LogP contribution < -0.4 is 10.1 Å². The molecule has 0 radical (unpaired) electrons. The van der Waals surface area contributed by atoms with Crippen molar-refractivity contribution in [2.75, 3.05) is 0 Å². The molecular formula is C16H14N5O+. The zero-order chi connectivity index (χ0) is 15.3. The molecule has 22 heavy (non-hydrogen) atoms. The van der Waals surface area contributed by atoms with E-state index < -0.39 is 0 Å². The van der Waals surface area contributed by atoms with Crippen LogP contribution >= 0.6 is 0 Å². The van der Waals surface area contributed by atoms with Gasteiger partial charge in [0.2, 0.25) is 0 Å². The maximum absolute atomic E-state index is 12.7. The molecule has 1 aromatic carbocycles. The Balaban J connectivity index is 2.12. The zero-order valence-corrected chi connectivity index (χ0v) is 12.2. The first-order valence-corrected chi connectivity index (χ1v) is 7.00. The third-order valence-corrected chi connectivity index (χ3v) is 3.74. The third kappa shape index (κ3) is 1.74. The molecule has 0 aliphatic heterocycles. The molecule has 0 amide bonds. The van der Waals surface area contributed by atoms with E-state index in [0.717, 1.165) is 16.7 Å². The highest BCUT2D eigenvalue weighted by Gasteiger charge is 2.22. The number of aryl methyl sites for hydroxylation is 2. The van der Waals surface area contributed by atoms with Crippen LogP contribution in [0.5, 0.6) is 0 Å². The van der Waals surface area contributed by atoms with Crippen LogP contribution in [0.2, 0.25) is 0 Å². The number of hydrogen-bond acceptors (Lipinski definition) is 3. The molecule has 0 spiro atoms. The fourth-order valence-corrected chi connectivity index (χ4v) is 2.64. The fourth-order valence-electron chi connectivity index (χ4n) is 2.64. The molecule has 6 heteroatoms. The van der Waals surface area contributed by atoms with E-state index in [-0.39, 0.29) is 5.56 Å². The van der Waals surface area contributed by atoms with Crippen LogP contribution in [-0.2, 0) is 0 Å². The number of hydrogen-bond donors (Lipinski definition) is 1. The molecule has 0 atom stereocenters. The van der Waals surface area contributed by atoms with E-state index in [9.17, 15) is 4.79 Å².